The van der Waals surface area contributed by atoms with Crippen molar-refractivity contribution in [2.45, 2.75) is 0 Å². The van der Waals surface area contributed by atoms with E-state index < -0.39 is 0 Å². The highest BCUT2D eigenvalue weighted by atomic mass is 16.3. The van der Waals surface area contributed by atoms with Crippen molar-refractivity contribution in [1.82, 2.24) is 9.97 Å². The first-order valence-electron chi connectivity index (χ1n) is 2.82. The minimum atomic E-state index is 0.448. The summed E-state index contributed by atoms with van der Waals surface area (Å²) >= 11 is 0. The predicted octanol–water partition coefficient (Wildman–Crippen LogP) is 0.805. The van der Waals surface area contributed by atoms with Crippen molar-refractivity contribution in [1.29, 1.82) is 0 Å². The first-order valence-corrected chi connectivity index (χ1v) is 2.82. The zero-order valence-corrected chi connectivity index (χ0v) is 5.11. The van der Waals surface area contributed by atoms with Crippen LogP contribution in [-0.2, 0) is 0 Å². The first kappa shape index (κ1) is 5.22. The lowest BCUT2D eigenvalue weighted by atomic mass is 10.4. The van der Waals surface area contributed by atoms with Crippen LogP contribution in [0.25, 0.3) is 11.2 Å². The number of nitrogens with two attached hydrogens (primary N) is 1. The average Bonchev–Trinajstić information content (AvgIpc) is 2.33. The van der Waals surface area contributed by atoms with Gasteiger partial charge >= 0.3 is 0 Å². The van der Waals surface area contributed by atoms with Gasteiger partial charge in [-0.15, -0.1) is 0 Å². The molecule has 0 saturated heterocycles. The molecule has 2 N–H and O–H groups in total. The molecule has 0 atom stereocenters. The van der Waals surface area contributed by atoms with Gasteiger partial charge in [0.2, 0.25) is 5.71 Å². The fourth-order valence-electron chi connectivity index (χ4n) is 0.765. The molecule has 0 saturated carbocycles. The molecule has 4 heteroatoms. The summed E-state index contributed by atoms with van der Waals surface area (Å²) in [5, 5.41) is 0. The van der Waals surface area contributed by atoms with Gasteiger partial charge in [0, 0.05) is 0 Å². The molecular weight excluding hydrogens is 130 g/mol. The number of anilines is 1. The highest BCUT2D eigenvalue weighted by Crippen LogP contribution is 2.09. The van der Waals surface area contributed by atoms with Crippen LogP contribution in [0.3, 0.4) is 0 Å². The summed E-state index contributed by atoms with van der Waals surface area (Å²) in [5.41, 5.74) is 6.60. The molecular formula is C6H5N3O. The Kier molecular flexibility index (Phi) is 0.887. The third kappa shape index (κ3) is 0.621. The van der Waals surface area contributed by atoms with E-state index in [9.17, 15) is 0 Å². The molecule has 0 radical (unpaired) electrons. The lowest BCUT2D eigenvalue weighted by molar-refractivity contribution is 0.591. The Hall–Kier alpha value is -1.58. The summed E-state index contributed by atoms with van der Waals surface area (Å²) in [7, 11) is 0. The number of rotatable bonds is 0. The van der Waals surface area contributed by atoms with Crippen molar-refractivity contribution >= 4 is 17.0 Å². The second kappa shape index (κ2) is 1.70. The van der Waals surface area contributed by atoms with Crippen LogP contribution in [0.4, 0.5) is 5.82 Å². The maximum absolute atomic E-state index is 5.38. The maximum atomic E-state index is 5.38. The monoisotopic (exact) mass is 135 g/mol. The Morgan fingerprint density at radius 1 is 1.40 bits per heavy atom. The number of aromatic nitrogens is 2. The number of hydrogen-bond donors (Lipinski definition) is 1. The average molecular weight is 135 g/mol. The molecule has 2 rings (SSSR count). The minimum absolute atomic E-state index is 0.448. The van der Waals surface area contributed by atoms with Crippen LogP contribution < -0.4 is 5.73 Å². The Bertz CT molecular complexity index is 355. The number of hydrogen-bond acceptors (Lipinski definition) is 4. The van der Waals surface area contributed by atoms with E-state index in [-0.39, 0.29) is 0 Å². The zero-order valence-electron chi connectivity index (χ0n) is 5.11. The molecule has 0 bridgehead atoms. The Morgan fingerprint density at radius 2 is 2.30 bits per heavy atom. The van der Waals surface area contributed by atoms with Crippen LogP contribution >= 0.6 is 0 Å². The fourth-order valence-corrected chi connectivity index (χ4v) is 0.765. The second-order valence-electron chi connectivity index (χ2n) is 1.91. The Balaban J connectivity index is 2.86. The molecule has 0 aromatic carbocycles. The summed E-state index contributed by atoms with van der Waals surface area (Å²) in [5.74, 6) is 0.448. The zero-order chi connectivity index (χ0) is 6.97. The SMILES string of the molecule is Nc1ccc2ncoc2n1. The van der Waals surface area contributed by atoms with Crippen molar-refractivity contribution < 1.29 is 4.42 Å². The molecule has 0 spiro atoms. The van der Waals surface area contributed by atoms with Crippen LogP contribution in [0.5, 0.6) is 0 Å². The summed E-state index contributed by atoms with van der Waals surface area (Å²) in [4.78, 5) is 7.76. The van der Waals surface area contributed by atoms with Gasteiger partial charge in [-0.25, -0.2) is 4.98 Å². The number of pyridine rings is 1. The van der Waals surface area contributed by atoms with E-state index in [4.69, 9.17) is 10.2 Å². The number of fused-ring (bicyclic) bond motifs is 1. The van der Waals surface area contributed by atoms with Crippen molar-refractivity contribution in [2.24, 2.45) is 0 Å². The van der Waals surface area contributed by atoms with Crippen LogP contribution in [0.2, 0.25) is 0 Å². The van der Waals surface area contributed by atoms with Crippen molar-refractivity contribution in [3.05, 3.63) is 18.5 Å². The van der Waals surface area contributed by atoms with Crippen molar-refractivity contribution in [2.75, 3.05) is 5.73 Å². The molecule has 50 valence electrons. The van der Waals surface area contributed by atoms with Gasteiger partial charge in [0.1, 0.15) is 11.3 Å². The molecule has 10 heavy (non-hydrogen) atoms. The fraction of sp³-hybridized carbons (Fsp3) is 0. The third-order valence-electron chi connectivity index (χ3n) is 1.22. The standard InChI is InChI=1S/C6H5N3O/c7-5-2-1-4-6(9-5)10-3-8-4/h1-3H,(H2,7,9). The molecule has 0 unspecified atom stereocenters. The van der Waals surface area contributed by atoms with Crippen LogP contribution in [0.15, 0.2) is 22.9 Å². The minimum Gasteiger partial charge on any atom is -0.425 e. The van der Waals surface area contributed by atoms with Gasteiger partial charge < -0.3 is 10.2 Å². The van der Waals surface area contributed by atoms with E-state index in [2.05, 4.69) is 9.97 Å². The first-order chi connectivity index (χ1) is 4.86. The molecule has 0 aliphatic rings. The normalized spacial score (nSPS) is 10.4. The summed E-state index contributed by atoms with van der Waals surface area (Å²) in [6, 6.07) is 3.45. The van der Waals surface area contributed by atoms with Gasteiger partial charge in [-0.05, 0) is 12.1 Å². The molecule has 0 fully saturated rings. The van der Waals surface area contributed by atoms with Gasteiger partial charge in [0.05, 0.1) is 0 Å². The number of oxazole rings is 1. The van der Waals surface area contributed by atoms with Gasteiger partial charge in [-0.2, -0.15) is 4.98 Å². The number of nitrogen functional groups attached to an aromatic ring is 1. The van der Waals surface area contributed by atoms with E-state index in [1.54, 1.807) is 12.1 Å². The molecule has 0 aliphatic carbocycles. The predicted molar refractivity (Wildman–Crippen MR) is 36.2 cm³/mol. The van der Waals surface area contributed by atoms with E-state index in [1.807, 2.05) is 0 Å². The summed E-state index contributed by atoms with van der Waals surface area (Å²) in [6.07, 6.45) is 1.34. The van der Waals surface area contributed by atoms with Crippen LogP contribution in [0.1, 0.15) is 0 Å². The van der Waals surface area contributed by atoms with Gasteiger partial charge in [0.25, 0.3) is 0 Å². The Labute approximate surface area is 56.7 Å². The maximum Gasteiger partial charge on any atom is 0.248 e. The largest absolute Gasteiger partial charge is 0.425 e. The molecule has 2 aromatic heterocycles. The highest BCUT2D eigenvalue weighted by molar-refractivity contribution is 5.69. The summed E-state index contributed by atoms with van der Waals surface area (Å²) < 4.78 is 4.90. The van der Waals surface area contributed by atoms with Gasteiger partial charge in [0.15, 0.2) is 6.39 Å². The van der Waals surface area contributed by atoms with Gasteiger partial charge in [-0.1, -0.05) is 0 Å². The van der Waals surface area contributed by atoms with Crippen LogP contribution in [-0.4, -0.2) is 9.97 Å². The van der Waals surface area contributed by atoms with Crippen LogP contribution in [0, 0.1) is 0 Å². The second-order valence-corrected chi connectivity index (χ2v) is 1.91. The van der Waals surface area contributed by atoms with E-state index in [0.717, 1.165) is 5.52 Å². The lowest BCUT2D eigenvalue weighted by Gasteiger charge is -1.87. The summed E-state index contributed by atoms with van der Waals surface area (Å²) in [6.45, 7) is 0. The third-order valence-corrected chi connectivity index (χ3v) is 1.22. The molecule has 0 amide bonds. The number of nitrogens with zero attached hydrogens (tertiary/aromatic N) is 2. The molecule has 2 heterocycles. The highest BCUT2D eigenvalue weighted by Gasteiger charge is 1.97. The molecule has 4 nitrogen and oxygen atoms in total. The van der Waals surface area contributed by atoms with E-state index >= 15 is 0 Å². The van der Waals surface area contributed by atoms with Crippen molar-refractivity contribution in [3.63, 3.8) is 0 Å². The lowest BCUT2D eigenvalue weighted by Crippen LogP contribution is -1.87. The Morgan fingerprint density at radius 3 is 3.20 bits per heavy atom. The molecule has 2 aromatic rings. The quantitative estimate of drug-likeness (QED) is 0.580. The smallest absolute Gasteiger partial charge is 0.248 e. The topological polar surface area (TPSA) is 64.9 Å². The van der Waals surface area contributed by atoms with Crippen molar-refractivity contribution in [3.8, 4) is 0 Å². The van der Waals surface area contributed by atoms with E-state index in [0.29, 0.717) is 11.5 Å². The molecule has 0 aliphatic heterocycles. The van der Waals surface area contributed by atoms with E-state index in [1.165, 1.54) is 6.39 Å². The van der Waals surface area contributed by atoms with Gasteiger partial charge in [-0.3, -0.25) is 0 Å².